The number of fused-ring (bicyclic) bond motifs is 3. The predicted octanol–water partition coefficient (Wildman–Crippen LogP) is 5.83. The van der Waals surface area contributed by atoms with Crippen LogP contribution in [0.5, 0.6) is 0 Å². The molecule has 1 fully saturated rings. The second kappa shape index (κ2) is 7.25. The van der Waals surface area contributed by atoms with Gasteiger partial charge in [-0.3, -0.25) is 0 Å². The average Bonchev–Trinajstić information content (AvgIpc) is 2.92. The molecule has 0 radical (unpaired) electrons. The lowest BCUT2D eigenvalue weighted by Gasteiger charge is -2.31. The molecule has 150 valence electrons. The van der Waals surface area contributed by atoms with Gasteiger partial charge in [-0.25, -0.2) is 4.68 Å². The fourth-order valence-electron chi connectivity index (χ4n) is 4.89. The highest BCUT2D eigenvalue weighted by molar-refractivity contribution is 5.82. The Morgan fingerprint density at radius 1 is 0.897 bits per heavy atom. The van der Waals surface area contributed by atoms with E-state index in [2.05, 4.69) is 78.1 Å². The lowest BCUT2D eigenvalue weighted by molar-refractivity contribution is 0.570. The molecule has 1 saturated heterocycles. The molecule has 3 heterocycles. The van der Waals surface area contributed by atoms with E-state index in [4.69, 9.17) is 5.10 Å². The van der Waals surface area contributed by atoms with Gasteiger partial charge in [0, 0.05) is 30.0 Å². The van der Waals surface area contributed by atoms with Gasteiger partial charge in [-0.05, 0) is 69.0 Å². The highest BCUT2D eigenvalue weighted by Gasteiger charge is 2.27. The minimum atomic E-state index is 0.0192. The number of hydrogen-bond donors (Lipinski definition) is 1. The van der Waals surface area contributed by atoms with Crippen molar-refractivity contribution in [3.63, 3.8) is 0 Å². The largest absolute Gasteiger partial charge is 0.372 e. The van der Waals surface area contributed by atoms with Crippen molar-refractivity contribution in [2.45, 2.75) is 52.6 Å². The number of aryl methyl sites for hydroxylation is 3. The van der Waals surface area contributed by atoms with E-state index in [1.165, 1.54) is 78.1 Å². The summed E-state index contributed by atoms with van der Waals surface area (Å²) in [6.45, 7) is 8.78. The van der Waals surface area contributed by atoms with Crippen LogP contribution in [0.25, 0.3) is 11.3 Å². The Kier molecular flexibility index (Phi) is 4.57. The predicted molar refractivity (Wildman–Crippen MR) is 121 cm³/mol. The highest BCUT2D eigenvalue weighted by atomic mass is 15.4. The first-order valence-electron chi connectivity index (χ1n) is 10.9. The van der Waals surface area contributed by atoms with Crippen LogP contribution in [0.2, 0.25) is 0 Å². The van der Waals surface area contributed by atoms with Crippen molar-refractivity contribution in [3.05, 3.63) is 64.8 Å². The van der Waals surface area contributed by atoms with Gasteiger partial charge in [-0.1, -0.05) is 36.6 Å². The molecule has 1 unspecified atom stereocenters. The maximum atomic E-state index is 4.84. The molecule has 4 heteroatoms. The number of hydrogen-bond acceptors (Lipinski definition) is 3. The SMILES string of the molecule is Cc1cc(C)c2c(c1)-c1cc(C)nn1C(c1ccc(N3CCCCCC3)cc1)N2. The van der Waals surface area contributed by atoms with Gasteiger partial charge in [0.15, 0.2) is 0 Å². The highest BCUT2D eigenvalue weighted by Crippen LogP contribution is 2.41. The molecule has 3 aromatic rings. The number of anilines is 2. The molecule has 1 aromatic heterocycles. The second-order valence-electron chi connectivity index (χ2n) is 8.66. The van der Waals surface area contributed by atoms with Gasteiger partial charge < -0.3 is 10.2 Å². The van der Waals surface area contributed by atoms with Crippen molar-refractivity contribution < 1.29 is 0 Å². The Hall–Kier alpha value is -2.75. The summed E-state index contributed by atoms with van der Waals surface area (Å²) in [4.78, 5) is 2.54. The molecule has 29 heavy (non-hydrogen) atoms. The fraction of sp³-hybridized carbons (Fsp3) is 0.400. The minimum Gasteiger partial charge on any atom is -0.372 e. The number of nitrogens with one attached hydrogen (secondary N) is 1. The van der Waals surface area contributed by atoms with Crippen molar-refractivity contribution in [1.82, 2.24) is 9.78 Å². The molecule has 0 spiro atoms. The van der Waals surface area contributed by atoms with E-state index < -0.39 is 0 Å². The summed E-state index contributed by atoms with van der Waals surface area (Å²) < 4.78 is 2.15. The topological polar surface area (TPSA) is 33.1 Å². The maximum Gasteiger partial charge on any atom is 0.147 e. The monoisotopic (exact) mass is 386 g/mol. The molecule has 5 rings (SSSR count). The van der Waals surface area contributed by atoms with Gasteiger partial charge in [0.25, 0.3) is 0 Å². The third-order valence-corrected chi connectivity index (χ3v) is 6.32. The van der Waals surface area contributed by atoms with Crippen molar-refractivity contribution in [2.75, 3.05) is 23.3 Å². The van der Waals surface area contributed by atoms with Crippen LogP contribution in [0.15, 0.2) is 42.5 Å². The first kappa shape index (κ1) is 18.3. The molecule has 0 saturated carbocycles. The second-order valence-corrected chi connectivity index (χ2v) is 8.66. The van der Waals surface area contributed by atoms with E-state index in [9.17, 15) is 0 Å². The Balaban J connectivity index is 1.51. The van der Waals surface area contributed by atoms with Gasteiger partial charge in [0.2, 0.25) is 0 Å². The first-order valence-corrected chi connectivity index (χ1v) is 10.9. The van der Waals surface area contributed by atoms with Gasteiger partial charge in [-0.15, -0.1) is 0 Å². The van der Waals surface area contributed by atoms with Crippen molar-refractivity contribution >= 4 is 11.4 Å². The Morgan fingerprint density at radius 2 is 1.62 bits per heavy atom. The fourth-order valence-corrected chi connectivity index (χ4v) is 4.89. The zero-order valence-electron chi connectivity index (χ0n) is 17.7. The first-order chi connectivity index (χ1) is 14.1. The summed E-state index contributed by atoms with van der Waals surface area (Å²) in [5.41, 5.74) is 9.90. The van der Waals surface area contributed by atoms with Crippen LogP contribution in [0.1, 0.15) is 54.2 Å². The average molecular weight is 387 g/mol. The Morgan fingerprint density at radius 3 is 2.34 bits per heavy atom. The molecule has 2 aliphatic rings. The van der Waals surface area contributed by atoms with E-state index in [0.717, 1.165) is 5.69 Å². The minimum absolute atomic E-state index is 0.0192. The van der Waals surface area contributed by atoms with E-state index >= 15 is 0 Å². The Labute approximate surface area is 173 Å². The van der Waals surface area contributed by atoms with E-state index in [1.54, 1.807) is 0 Å². The summed E-state index contributed by atoms with van der Waals surface area (Å²) in [7, 11) is 0. The van der Waals surface area contributed by atoms with Crippen LogP contribution in [0.4, 0.5) is 11.4 Å². The number of benzene rings is 2. The van der Waals surface area contributed by atoms with Crippen LogP contribution in [0, 0.1) is 20.8 Å². The summed E-state index contributed by atoms with van der Waals surface area (Å²) >= 11 is 0. The zero-order valence-corrected chi connectivity index (χ0v) is 17.7. The van der Waals surface area contributed by atoms with Crippen LogP contribution < -0.4 is 10.2 Å². The van der Waals surface area contributed by atoms with Crippen LogP contribution >= 0.6 is 0 Å². The van der Waals surface area contributed by atoms with Crippen molar-refractivity contribution in [3.8, 4) is 11.3 Å². The molecule has 4 nitrogen and oxygen atoms in total. The van der Waals surface area contributed by atoms with E-state index in [-0.39, 0.29) is 6.17 Å². The molecule has 1 N–H and O–H groups in total. The number of aromatic nitrogens is 2. The molecular weight excluding hydrogens is 356 g/mol. The molecule has 2 aliphatic heterocycles. The van der Waals surface area contributed by atoms with E-state index in [0.29, 0.717) is 0 Å². The summed E-state index contributed by atoms with van der Waals surface area (Å²) in [5.74, 6) is 0. The normalized spacial score (nSPS) is 18.6. The third kappa shape index (κ3) is 3.31. The summed E-state index contributed by atoms with van der Waals surface area (Å²) in [6.07, 6.45) is 5.35. The molecule has 0 amide bonds. The zero-order chi connectivity index (χ0) is 20.0. The summed E-state index contributed by atoms with van der Waals surface area (Å²) in [6, 6.07) is 15.8. The summed E-state index contributed by atoms with van der Waals surface area (Å²) in [5, 5.41) is 8.61. The van der Waals surface area contributed by atoms with E-state index in [1.807, 2.05) is 0 Å². The smallest absolute Gasteiger partial charge is 0.147 e. The van der Waals surface area contributed by atoms with Gasteiger partial charge in [-0.2, -0.15) is 5.10 Å². The number of rotatable bonds is 2. The lowest BCUT2D eigenvalue weighted by atomic mass is 9.98. The van der Waals surface area contributed by atoms with Crippen LogP contribution in [0.3, 0.4) is 0 Å². The van der Waals surface area contributed by atoms with Gasteiger partial charge in [0.1, 0.15) is 6.17 Å². The van der Waals surface area contributed by atoms with Gasteiger partial charge in [0.05, 0.1) is 11.4 Å². The van der Waals surface area contributed by atoms with Crippen LogP contribution in [-0.4, -0.2) is 22.9 Å². The third-order valence-electron chi connectivity index (χ3n) is 6.32. The van der Waals surface area contributed by atoms with Gasteiger partial charge >= 0.3 is 0 Å². The van der Waals surface area contributed by atoms with Crippen molar-refractivity contribution in [2.24, 2.45) is 0 Å². The number of nitrogens with zero attached hydrogens (tertiary/aromatic N) is 3. The molecule has 0 bridgehead atoms. The molecular formula is C25H30N4. The standard InChI is InChI=1S/C25H30N4/c1-17-14-18(2)24-22(15-17)23-16-19(3)27-29(23)25(26-24)20-8-10-21(11-9-20)28-12-6-4-5-7-13-28/h8-11,14-16,25-26H,4-7,12-13H2,1-3H3. The van der Waals surface area contributed by atoms with Crippen LogP contribution in [-0.2, 0) is 0 Å². The Bertz CT molecular complexity index is 1020. The van der Waals surface area contributed by atoms with Crippen molar-refractivity contribution in [1.29, 1.82) is 0 Å². The molecule has 2 aromatic carbocycles. The molecule has 1 atom stereocenters. The molecule has 0 aliphatic carbocycles. The maximum absolute atomic E-state index is 4.84. The quantitative estimate of drug-likeness (QED) is 0.602. The lowest BCUT2D eigenvalue weighted by Crippen LogP contribution is -2.27.